The van der Waals surface area contributed by atoms with Crippen LogP contribution in [-0.2, 0) is 6.54 Å². The molecule has 4 heteroatoms. The van der Waals surface area contributed by atoms with Crippen molar-refractivity contribution in [2.45, 2.75) is 27.3 Å². The summed E-state index contributed by atoms with van der Waals surface area (Å²) in [5.41, 5.74) is 4.80. The third-order valence-corrected chi connectivity index (χ3v) is 4.20. The van der Waals surface area contributed by atoms with Crippen LogP contribution in [-0.4, -0.2) is 22.0 Å². The molecule has 2 heterocycles. The Morgan fingerprint density at radius 2 is 1.91 bits per heavy atom. The molecule has 0 aliphatic rings. The largest absolute Gasteiger partial charge is 0.353 e. The van der Waals surface area contributed by atoms with Gasteiger partial charge >= 0.3 is 0 Å². The fraction of sp³-hybridized carbons (Fsp3) is 0.263. The normalized spacial score (nSPS) is 10.9. The molecule has 0 radical (unpaired) electrons. The van der Waals surface area contributed by atoms with Crippen LogP contribution in [0.15, 0.2) is 42.7 Å². The summed E-state index contributed by atoms with van der Waals surface area (Å²) >= 11 is 0. The topological polar surface area (TPSA) is 46.9 Å². The SMILES string of the molecule is Cc1cc(C(=O)NCCn2cccc2)c2ccc(C)c(C)c2n1. The summed E-state index contributed by atoms with van der Waals surface area (Å²) in [6.07, 6.45) is 3.98. The van der Waals surface area contributed by atoms with E-state index in [0.717, 1.165) is 28.7 Å². The Balaban J connectivity index is 1.86. The predicted octanol–water partition coefficient (Wildman–Crippen LogP) is 3.39. The molecule has 0 aliphatic carbocycles. The molecule has 1 N–H and O–H groups in total. The van der Waals surface area contributed by atoms with E-state index in [1.54, 1.807) is 0 Å². The molecule has 0 saturated carbocycles. The molecule has 1 amide bonds. The summed E-state index contributed by atoms with van der Waals surface area (Å²) in [7, 11) is 0. The number of aryl methyl sites for hydroxylation is 3. The first kappa shape index (κ1) is 15.3. The minimum atomic E-state index is -0.0455. The number of rotatable bonds is 4. The quantitative estimate of drug-likeness (QED) is 0.803. The number of carbonyl (C=O) groups excluding carboxylic acids is 1. The van der Waals surface area contributed by atoms with Crippen LogP contribution in [0.1, 0.15) is 27.2 Å². The fourth-order valence-electron chi connectivity index (χ4n) is 2.76. The van der Waals surface area contributed by atoms with Crippen molar-refractivity contribution >= 4 is 16.8 Å². The maximum atomic E-state index is 12.6. The maximum Gasteiger partial charge on any atom is 0.252 e. The molecule has 0 unspecified atom stereocenters. The number of hydrogen-bond acceptors (Lipinski definition) is 2. The van der Waals surface area contributed by atoms with Gasteiger partial charge in [0, 0.05) is 36.6 Å². The van der Waals surface area contributed by atoms with Crippen molar-refractivity contribution < 1.29 is 4.79 Å². The number of benzene rings is 1. The smallest absolute Gasteiger partial charge is 0.252 e. The van der Waals surface area contributed by atoms with E-state index in [2.05, 4.69) is 24.1 Å². The molecular weight excluding hydrogens is 286 g/mol. The van der Waals surface area contributed by atoms with E-state index in [0.29, 0.717) is 12.1 Å². The first-order valence-electron chi connectivity index (χ1n) is 7.83. The van der Waals surface area contributed by atoms with Crippen LogP contribution in [0.3, 0.4) is 0 Å². The molecule has 3 aromatic rings. The first-order chi connectivity index (χ1) is 11.1. The van der Waals surface area contributed by atoms with Crippen LogP contribution in [0.2, 0.25) is 0 Å². The van der Waals surface area contributed by atoms with Gasteiger partial charge in [-0.3, -0.25) is 9.78 Å². The lowest BCUT2D eigenvalue weighted by atomic mass is 10.0. The van der Waals surface area contributed by atoms with Crippen LogP contribution >= 0.6 is 0 Å². The molecule has 4 nitrogen and oxygen atoms in total. The van der Waals surface area contributed by atoms with Gasteiger partial charge in [0.25, 0.3) is 5.91 Å². The van der Waals surface area contributed by atoms with Crippen molar-refractivity contribution in [3.8, 4) is 0 Å². The molecule has 23 heavy (non-hydrogen) atoms. The highest BCUT2D eigenvalue weighted by Crippen LogP contribution is 2.23. The van der Waals surface area contributed by atoms with E-state index in [4.69, 9.17) is 0 Å². The zero-order chi connectivity index (χ0) is 16.4. The van der Waals surface area contributed by atoms with Gasteiger partial charge in [-0.1, -0.05) is 12.1 Å². The third-order valence-electron chi connectivity index (χ3n) is 4.20. The van der Waals surface area contributed by atoms with Gasteiger partial charge in [0.1, 0.15) is 0 Å². The van der Waals surface area contributed by atoms with E-state index in [-0.39, 0.29) is 5.91 Å². The Morgan fingerprint density at radius 1 is 1.17 bits per heavy atom. The Bertz CT molecular complexity index is 851. The second-order valence-corrected chi connectivity index (χ2v) is 5.89. The number of nitrogens with one attached hydrogen (secondary N) is 1. The van der Waals surface area contributed by atoms with Gasteiger partial charge in [-0.2, -0.15) is 0 Å². The van der Waals surface area contributed by atoms with Gasteiger partial charge in [0.05, 0.1) is 11.1 Å². The highest BCUT2D eigenvalue weighted by molar-refractivity contribution is 6.07. The van der Waals surface area contributed by atoms with E-state index < -0.39 is 0 Å². The number of carbonyl (C=O) groups is 1. The molecule has 0 saturated heterocycles. The van der Waals surface area contributed by atoms with Crippen LogP contribution in [0.4, 0.5) is 0 Å². The van der Waals surface area contributed by atoms with Gasteiger partial charge in [0.15, 0.2) is 0 Å². The lowest BCUT2D eigenvalue weighted by Gasteiger charge is -2.12. The first-order valence-corrected chi connectivity index (χ1v) is 7.83. The average molecular weight is 307 g/mol. The lowest BCUT2D eigenvalue weighted by Crippen LogP contribution is -2.27. The molecule has 2 aromatic heterocycles. The zero-order valence-corrected chi connectivity index (χ0v) is 13.8. The van der Waals surface area contributed by atoms with Crippen LogP contribution in [0.25, 0.3) is 10.9 Å². The summed E-state index contributed by atoms with van der Waals surface area (Å²) in [6, 6.07) is 9.86. The van der Waals surface area contributed by atoms with Gasteiger partial charge in [0.2, 0.25) is 0 Å². The molecular formula is C19H21N3O. The molecule has 0 fully saturated rings. The highest BCUT2D eigenvalue weighted by atomic mass is 16.1. The van der Waals surface area contributed by atoms with Crippen LogP contribution < -0.4 is 5.32 Å². The minimum Gasteiger partial charge on any atom is -0.353 e. The molecule has 1 aromatic carbocycles. The molecule has 0 aliphatic heterocycles. The second-order valence-electron chi connectivity index (χ2n) is 5.89. The van der Waals surface area contributed by atoms with Crippen molar-refractivity contribution in [1.82, 2.24) is 14.9 Å². The minimum absolute atomic E-state index is 0.0455. The summed E-state index contributed by atoms with van der Waals surface area (Å²) in [5.74, 6) is -0.0455. The number of amides is 1. The predicted molar refractivity (Wildman–Crippen MR) is 92.7 cm³/mol. The van der Waals surface area contributed by atoms with E-state index >= 15 is 0 Å². The number of hydrogen-bond donors (Lipinski definition) is 1. The average Bonchev–Trinajstić information content (AvgIpc) is 3.04. The Labute approximate surface area is 136 Å². The Hall–Kier alpha value is -2.62. The van der Waals surface area contributed by atoms with Crippen molar-refractivity contribution in [2.24, 2.45) is 0 Å². The van der Waals surface area contributed by atoms with Gasteiger partial charge in [-0.25, -0.2) is 0 Å². The highest BCUT2D eigenvalue weighted by Gasteiger charge is 2.13. The second kappa shape index (κ2) is 6.24. The number of nitrogens with zero attached hydrogens (tertiary/aromatic N) is 2. The van der Waals surface area contributed by atoms with Gasteiger partial charge in [-0.05, 0) is 50.1 Å². The van der Waals surface area contributed by atoms with Crippen LogP contribution in [0.5, 0.6) is 0 Å². The summed E-state index contributed by atoms with van der Waals surface area (Å²) in [4.78, 5) is 17.2. The Kier molecular flexibility index (Phi) is 4.15. The van der Waals surface area contributed by atoms with Crippen molar-refractivity contribution in [3.63, 3.8) is 0 Å². The van der Waals surface area contributed by atoms with E-state index in [9.17, 15) is 4.79 Å². The molecule has 3 rings (SSSR count). The summed E-state index contributed by atoms with van der Waals surface area (Å²) in [6.45, 7) is 7.41. The van der Waals surface area contributed by atoms with Gasteiger partial charge in [-0.15, -0.1) is 0 Å². The molecule has 0 bridgehead atoms. The summed E-state index contributed by atoms with van der Waals surface area (Å²) in [5, 5.41) is 3.92. The molecule has 118 valence electrons. The molecule has 0 atom stereocenters. The van der Waals surface area contributed by atoms with E-state index in [1.165, 1.54) is 5.56 Å². The number of aromatic nitrogens is 2. The molecule has 0 spiro atoms. The number of fused-ring (bicyclic) bond motifs is 1. The van der Waals surface area contributed by atoms with Crippen LogP contribution in [0, 0.1) is 20.8 Å². The fourth-order valence-corrected chi connectivity index (χ4v) is 2.76. The number of pyridine rings is 1. The van der Waals surface area contributed by atoms with Gasteiger partial charge < -0.3 is 9.88 Å². The standard InChI is InChI=1S/C19H21N3O/c1-13-6-7-16-17(12-14(2)21-18(16)15(13)3)19(23)20-8-11-22-9-4-5-10-22/h4-7,9-10,12H,8,11H2,1-3H3,(H,20,23). The Morgan fingerprint density at radius 3 is 2.65 bits per heavy atom. The summed E-state index contributed by atoms with van der Waals surface area (Å²) < 4.78 is 2.05. The third kappa shape index (κ3) is 3.11. The zero-order valence-electron chi connectivity index (χ0n) is 13.8. The van der Waals surface area contributed by atoms with E-state index in [1.807, 2.05) is 54.2 Å². The lowest BCUT2D eigenvalue weighted by molar-refractivity contribution is 0.0954. The van der Waals surface area contributed by atoms with Crippen molar-refractivity contribution in [1.29, 1.82) is 0 Å². The van der Waals surface area contributed by atoms with Crippen molar-refractivity contribution in [3.05, 3.63) is 65.1 Å². The van der Waals surface area contributed by atoms with Crippen molar-refractivity contribution in [2.75, 3.05) is 6.54 Å². The monoisotopic (exact) mass is 307 g/mol. The maximum absolute atomic E-state index is 12.6.